The second-order valence-corrected chi connectivity index (χ2v) is 19.4. The van der Waals surface area contributed by atoms with Crippen LogP contribution >= 0.6 is 34.7 Å². The number of carboxylic acid groups (broad SMARTS) is 2. The Morgan fingerprint density at radius 1 is 1.05 bits per heavy atom. The fraction of sp³-hybridized carbons (Fsp3) is 0.500. The fourth-order valence-corrected chi connectivity index (χ4v) is 9.81. The lowest BCUT2D eigenvalue weighted by molar-refractivity contribution is -0.925. The summed E-state index contributed by atoms with van der Waals surface area (Å²) >= 11 is 8.19. The molecule has 1 aromatic heterocycles. The standard InChI is InChI=1S/C38H45ClN8O14S2/c1-17-20(15-47-10-7-19(8-11-47)45(9-12-47)29(51)24(43-58)18-13-21(39)27(49)23(48)14-18)31(59-36(56)57)46-30(52)26(32(46)63-17)41-28(50)25(44-61-38(5,6)33(53)54)22-16-62-34(40-22)42-35(55)60-37(2,3)4/h13-14,16-17,19,26,32H,7-12,15H2,1-6H3,(H6-,40,41,42,43,44,48,49,50,51,53,54,55,56,57,58)/p+1/t17-,19?,26+,32+,47?/m0/s1. The smallest absolute Gasteiger partial charge is 0.504 e. The van der Waals surface area contributed by atoms with E-state index in [-0.39, 0.29) is 52.1 Å². The summed E-state index contributed by atoms with van der Waals surface area (Å²) in [5.41, 5.74) is -3.25. The van der Waals surface area contributed by atoms with Gasteiger partial charge in [-0.15, -0.1) is 23.1 Å². The van der Waals surface area contributed by atoms with Crippen molar-refractivity contribution in [3.8, 4) is 11.5 Å². The van der Waals surface area contributed by atoms with Crippen molar-refractivity contribution in [2.45, 2.75) is 88.3 Å². The van der Waals surface area contributed by atoms with E-state index in [0.717, 1.165) is 22.3 Å². The molecule has 25 heteroatoms. The molecule has 2 aromatic rings. The lowest BCUT2D eigenvalue weighted by atomic mass is 9.99. The van der Waals surface area contributed by atoms with Gasteiger partial charge in [0.25, 0.3) is 17.7 Å². The Kier molecular flexibility index (Phi) is 13.1. The summed E-state index contributed by atoms with van der Waals surface area (Å²) in [6.45, 7) is 11.2. The average molecular weight is 938 g/mol. The maximum absolute atomic E-state index is 13.9. The zero-order valence-electron chi connectivity index (χ0n) is 34.8. The summed E-state index contributed by atoms with van der Waals surface area (Å²) in [6.07, 6.45) is -1.43. The van der Waals surface area contributed by atoms with Crippen LogP contribution in [0.4, 0.5) is 14.7 Å². The summed E-state index contributed by atoms with van der Waals surface area (Å²) in [5.74, 6) is -5.11. The third-order valence-electron chi connectivity index (χ3n) is 10.8. The predicted octanol–water partition coefficient (Wildman–Crippen LogP) is 3.53. The van der Waals surface area contributed by atoms with Crippen molar-refractivity contribution in [3.63, 3.8) is 0 Å². The number of β-lactam (4-membered cyclic amide) rings is 1. The van der Waals surface area contributed by atoms with Gasteiger partial charge in [0.2, 0.25) is 11.5 Å². The van der Waals surface area contributed by atoms with Gasteiger partial charge in [-0.1, -0.05) is 21.9 Å². The van der Waals surface area contributed by atoms with Crippen LogP contribution in [0.1, 0.15) is 65.6 Å². The fourth-order valence-electron chi connectivity index (χ4n) is 7.50. The summed E-state index contributed by atoms with van der Waals surface area (Å²) in [5, 5.41) is 61.2. The normalized spacial score (nSPS) is 23.9. The van der Waals surface area contributed by atoms with Crippen LogP contribution in [0.15, 0.2) is 39.3 Å². The number of quaternary nitrogens is 1. The Hall–Kier alpha value is -5.85. The Morgan fingerprint density at radius 2 is 1.73 bits per heavy atom. The van der Waals surface area contributed by atoms with Gasteiger partial charge in [-0.25, -0.2) is 19.4 Å². The molecule has 0 spiro atoms. The molecule has 22 nitrogen and oxygen atoms in total. The largest absolute Gasteiger partial charge is 0.512 e. The van der Waals surface area contributed by atoms with Gasteiger partial charge in [0, 0.05) is 35.1 Å². The Labute approximate surface area is 372 Å². The number of aromatic hydroxyl groups is 2. The molecule has 340 valence electrons. The van der Waals surface area contributed by atoms with E-state index in [1.165, 1.54) is 37.1 Å². The number of benzene rings is 1. The predicted molar refractivity (Wildman–Crippen MR) is 225 cm³/mol. The number of halogens is 1. The first-order valence-corrected chi connectivity index (χ1v) is 21.6. The molecule has 0 aliphatic carbocycles. The third kappa shape index (κ3) is 9.87. The summed E-state index contributed by atoms with van der Waals surface area (Å²) in [7, 11) is 0. The van der Waals surface area contributed by atoms with Crippen molar-refractivity contribution in [2.24, 2.45) is 10.3 Å². The minimum atomic E-state index is -1.90. The van der Waals surface area contributed by atoms with Gasteiger partial charge in [0.1, 0.15) is 29.3 Å². The molecule has 4 amide bonds. The molecule has 0 unspecified atom stereocenters. The van der Waals surface area contributed by atoms with E-state index < -0.39 is 81.0 Å². The minimum absolute atomic E-state index is 0.00780. The van der Waals surface area contributed by atoms with E-state index in [0.29, 0.717) is 42.5 Å². The Balaban J connectivity index is 1.21. The molecule has 4 saturated heterocycles. The van der Waals surface area contributed by atoms with E-state index >= 15 is 0 Å². The zero-order chi connectivity index (χ0) is 46.3. The number of oxime groups is 2. The molecule has 7 rings (SSSR count). The van der Waals surface area contributed by atoms with Gasteiger partial charge < -0.3 is 54.6 Å². The number of carbonyl (C=O) groups excluding carboxylic acids is 4. The first kappa shape index (κ1) is 46.6. The molecule has 0 radical (unpaired) electrons. The second-order valence-electron chi connectivity index (χ2n) is 16.7. The number of carboxylic acids is 1. The number of carbonyl (C=O) groups is 6. The van der Waals surface area contributed by atoms with Crippen LogP contribution in [0.3, 0.4) is 0 Å². The first-order valence-electron chi connectivity index (χ1n) is 19.4. The van der Waals surface area contributed by atoms with Crippen LogP contribution in [0.5, 0.6) is 11.5 Å². The number of aliphatic carboxylic acids is 1. The van der Waals surface area contributed by atoms with Crippen LogP contribution in [0, 0.1) is 0 Å². The maximum Gasteiger partial charge on any atom is 0.512 e. The quantitative estimate of drug-likeness (QED) is 0.0305. The van der Waals surface area contributed by atoms with E-state index in [1.54, 1.807) is 25.7 Å². The molecule has 5 aliphatic heterocycles. The number of ether oxygens (including phenoxy) is 2. The number of rotatable bonds is 12. The second kappa shape index (κ2) is 17.7. The number of hydrogen-bond acceptors (Lipinski definition) is 17. The molecule has 4 fully saturated rings. The molecule has 5 aliphatic rings. The Bertz CT molecular complexity index is 2300. The van der Waals surface area contributed by atoms with E-state index in [9.17, 15) is 54.4 Å². The van der Waals surface area contributed by atoms with E-state index in [2.05, 4.69) is 25.9 Å². The lowest BCUT2D eigenvalue weighted by Crippen LogP contribution is -2.71. The van der Waals surface area contributed by atoms with Gasteiger partial charge in [0.15, 0.2) is 28.1 Å². The van der Waals surface area contributed by atoms with Crippen molar-refractivity contribution in [2.75, 3.05) is 38.0 Å². The van der Waals surface area contributed by atoms with Gasteiger partial charge in [0.05, 0.1) is 36.8 Å². The SMILES string of the molecule is C[C@@H]1S[C@@H]2[C@H](NC(=O)/C(=N\OC(C)(C)C(=O)O)c3csc(NC(=O)OC(C)(C)C)n3)C(=O)N2C(OC(=O)O)=C1C[N+]12CCC(CC1)N(C(=O)C(=NO)c1cc(O)c(O)c(Cl)c1)CC2. The number of aromatic nitrogens is 1. The lowest BCUT2D eigenvalue weighted by Gasteiger charge is -2.51. The number of nitrogens with one attached hydrogen (secondary N) is 2. The van der Waals surface area contributed by atoms with Gasteiger partial charge in [-0.2, -0.15) is 0 Å². The molecule has 1 aromatic carbocycles. The molecule has 2 bridgehead atoms. The van der Waals surface area contributed by atoms with Crippen LogP contribution < -0.4 is 10.6 Å². The number of anilines is 1. The third-order valence-corrected chi connectivity index (χ3v) is 13.3. The van der Waals surface area contributed by atoms with Crippen LogP contribution in [0.2, 0.25) is 5.02 Å². The van der Waals surface area contributed by atoms with E-state index in [4.69, 9.17) is 25.9 Å². The monoisotopic (exact) mass is 937 g/mol. The highest BCUT2D eigenvalue weighted by Crippen LogP contribution is 2.46. The molecule has 63 heavy (non-hydrogen) atoms. The summed E-state index contributed by atoms with van der Waals surface area (Å²) in [4.78, 5) is 90.2. The number of phenols is 2. The summed E-state index contributed by atoms with van der Waals surface area (Å²) in [6, 6.07) is 0.781. The van der Waals surface area contributed by atoms with Crippen molar-refractivity contribution < 1.29 is 73.2 Å². The maximum atomic E-state index is 13.9. The highest BCUT2D eigenvalue weighted by Gasteiger charge is 2.57. The number of nitrogens with zero attached hydrogens (tertiary/aromatic N) is 6. The van der Waals surface area contributed by atoms with Crippen molar-refractivity contribution in [3.05, 3.63) is 45.2 Å². The number of amides is 4. The van der Waals surface area contributed by atoms with Crippen LogP contribution in [-0.4, -0.2) is 159 Å². The molecule has 6 heterocycles. The van der Waals surface area contributed by atoms with Crippen molar-refractivity contribution in [1.29, 1.82) is 0 Å². The zero-order valence-corrected chi connectivity index (χ0v) is 37.2. The van der Waals surface area contributed by atoms with Crippen LogP contribution in [0.25, 0.3) is 0 Å². The summed E-state index contributed by atoms with van der Waals surface area (Å²) < 4.78 is 11.0. The Morgan fingerprint density at radius 3 is 2.33 bits per heavy atom. The number of phenolic OH excluding ortho intramolecular Hbond substituents is 2. The number of fused-ring (bicyclic) bond motifs is 5. The highest BCUT2D eigenvalue weighted by molar-refractivity contribution is 8.00. The van der Waals surface area contributed by atoms with Gasteiger partial charge in [-0.05, 0) is 53.7 Å². The van der Waals surface area contributed by atoms with Crippen molar-refractivity contribution in [1.82, 2.24) is 20.1 Å². The van der Waals surface area contributed by atoms with Gasteiger partial charge in [-0.3, -0.25) is 24.6 Å². The molecular formula is C38H46ClN8O14S2+. The number of thioether (sulfide) groups is 1. The minimum Gasteiger partial charge on any atom is -0.504 e. The van der Waals surface area contributed by atoms with E-state index in [1.807, 2.05) is 6.92 Å². The number of piperidine rings is 1. The highest BCUT2D eigenvalue weighted by atomic mass is 35.5. The van der Waals surface area contributed by atoms with Gasteiger partial charge >= 0.3 is 18.2 Å². The molecular weight excluding hydrogens is 892 g/mol. The average Bonchev–Trinajstić information content (AvgIpc) is 3.47. The number of hydrogen-bond donors (Lipinski definition) is 7. The molecule has 0 saturated carbocycles. The molecule has 7 N–H and O–H groups in total. The topological polar surface area (TPSA) is 299 Å². The number of thiazole rings is 1. The molecule has 3 atom stereocenters. The first-order chi connectivity index (χ1) is 29.4. The van der Waals surface area contributed by atoms with Crippen LogP contribution in [-0.2, 0) is 33.5 Å². The van der Waals surface area contributed by atoms with Crippen molar-refractivity contribution >= 4 is 87.2 Å².